The molecule has 2 heterocycles. The number of nitrogens with zero attached hydrogens (tertiary/aromatic N) is 2. The highest BCUT2D eigenvalue weighted by Gasteiger charge is 2.11. The normalized spacial score (nSPS) is 12.0. The van der Waals surface area contributed by atoms with E-state index in [1.807, 2.05) is 25.1 Å². The Hall–Kier alpha value is -1.99. The van der Waals surface area contributed by atoms with E-state index in [1.54, 1.807) is 23.9 Å². The van der Waals surface area contributed by atoms with Gasteiger partial charge in [0.25, 0.3) is 0 Å². The quantitative estimate of drug-likeness (QED) is 0.669. The number of rotatable bonds is 6. The van der Waals surface area contributed by atoms with Crippen molar-refractivity contribution in [1.82, 2.24) is 4.57 Å². The van der Waals surface area contributed by atoms with Gasteiger partial charge in [-0.3, -0.25) is 4.79 Å². The summed E-state index contributed by atoms with van der Waals surface area (Å²) < 4.78 is 13.8. The Labute approximate surface area is 148 Å². The van der Waals surface area contributed by atoms with Gasteiger partial charge in [-0.15, -0.1) is 0 Å². The van der Waals surface area contributed by atoms with Gasteiger partial charge in [-0.05, 0) is 43.5 Å². The van der Waals surface area contributed by atoms with Gasteiger partial charge in [0.2, 0.25) is 0 Å². The number of thioether (sulfide) groups is 1. The summed E-state index contributed by atoms with van der Waals surface area (Å²) in [6.45, 7) is 3.37. The van der Waals surface area contributed by atoms with Gasteiger partial charge in [0, 0.05) is 12.3 Å². The summed E-state index contributed by atoms with van der Waals surface area (Å²) in [6, 6.07) is 9.28. The summed E-state index contributed by atoms with van der Waals surface area (Å²) in [4.78, 5) is 17.2. The molecule has 1 aromatic carbocycles. The van der Waals surface area contributed by atoms with Crippen molar-refractivity contribution in [3.8, 4) is 5.75 Å². The molecule has 0 saturated carbocycles. The first kappa shape index (κ1) is 16.9. The third kappa shape index (κ3) is 3.57. The number of thiazole rings is 1. The molecule has 2 aromatic heterocycles. The molecule has 0 aliphatic heterocycles. The van der Waals surface area contributed by atoms with Crippen molar-refractivity contribution in [2.24, 2.45) is 4.99 Å². The Morgan fingerprint density at radius 1 is 1.42 bits per heavy atom. The van der Waals surface area contributed by atoms with E-state index >= 15 is 0 Å². The first-order chi connectivity index (χ1) is 11.7. The zero-order chi connectivity index (χ0) is 16.9. The highest BCUT2D eigenvalue weighted by atomic mass is 32.2. The number of carbonyl (C=O) groups excluding carboxylic acids is 1. The van der Waals surface area contributed by atoms with Gasteiger partial charge < -0.3 is 13.7 Å². The van der Waals surface area contributed by atoms with Gasteiger partial charge in [-0.1, -0.05) is 11.3 Å². The van der Waals surface area contributed by atoms with Crippen LogP contribution in [-0.4, -0.2) is 29.1 Å². The molecule has 0 atom stereocenters. The van der Waals surface area contributed by atoms with E-state index in [1.165, 1.54) is 17.6 Å². The summed E-state index contributed by atoms with van der Waals surface area (Å²) >= 11 is 3.24. The number of ether oxygens (including phenoxy) is 1. The average molecular weight is 362 g/mol. The van der Waals surface area contributed by atoms with Gasteiger partial charge in [0.05, 0.1) is 23.1 Å². The van der Waals surface area contributed by atoms with Crippen LogP contribution in [0.4, 0.5) is 0 Å². The second kappa shape index (κ2) is 7.72. The maximum Gasteiger partial charge on any atom is 0.315 e. The van der Waals surface area contributed by atoms with Crippen molar-refractivity contribution in [3.05, 3.63) is 47.2 Å². The molecule has 0 bridgehead atoms. The van der Waals surface area contributed by atoms with Crippen LogP contribution >= 0.6 is 23.1 Å². The summed E-state index contributed by atoms with van der Waals surface area (Å²) in [5, 5.41) is 0. The molecule has 5 nitrogen and oxygen atoms in total. The number of hydrogen-bond donors (Lipinski definition) is 0. The van der Waals surface area contributed by atoms with Crippen LogP contribution in [0, 0.1) is 0 Å². The summed E-state index contributed by atoms with van der Waals surface area (Å²) in [6.07, 6.45) is 3.54. The lowest BCUT2D eigenvalue weighted by Gasteiger charge is -2.05. The van der Waals surface area contributed by atoms with Crippen molar-refractivity contribution >= 4 is 39.2 Å². The zero-order valence-corrected chi connectivity index (χ0v) is 15.2. The standard InChI is InChI=1S/C17H18N2O3S2/c1-3-21-12-6-7-13-15(11-12)24-17(19(13)8-10-23-2)18-16(20)14-5-4-9-22-14/h4-7,9,11H,3,8,10H2,1-2H3. The van der Waals surface area contributed by atoms with E-state index in [0.717, 1.165) is 28.3 Å². The minimum absolute atomic E-state index is 0.249. The smallest absolute Gasteiger partial charge is 0.315 e. The van der Waals surface area contributed by atoms with Crippen molar-refractivity contribution < 1.29 is 13.9 Å². The Bertz CT molecular complexity index is 894. The van der Waals surface area contributed by atoms with E-state index in [9.17, 15) is 4.79 Å². The van der Waals surface area contributed by atoms with E-state index in [4.69, 9.17) is 9.15 Å². The summed E-state index contributed by atoms with van der Waals surface area (Å²) in [7, 11) is 0. The predicted octanol–water partition coefficient (Wildman–Crippen LogP) is 3.80. The molecule has 1 amide bonds. The fraction of sp³-hybridized carbons (Fsp3) is 0.294. The fourth-order valence-electron chi connectivity index (χ4n) is 2.34. The number of fused-ring (bicyclic) bond motifs is 1. The van der Waals surface area contributed by atoms with Crippen molar-refractivity contribution in [3.63, 3.8) is 0 Å². The average Bonchev–Trinajstić information content (AvgIpc) is 3.21. The maximum absolute atomic E-state index is 12.3. The van der Waals surface area contributed by atoms with E-state index in [-0.39, 0.29) is 11.7 Å². The monoisotopic (exact) mass is 362 g/mol. The van der Waals surface area contributed by atoms with Crippen LogP contribution in [0.1, 0.15) is 17.5 Å². The molecular weight excluding hydrogens is 344 g/mol. The van der Waals surface area contributed by atoms with Crippen LogP contribution in [0.25, 0.3) is 10.2 Å². The molecule has 0 aliphatic rings. The van der Waals surface area contributed by atoms with E-state index in [2.05, 4.69) is 15.8 Å². The van der Waals surface area contributed by atoms with Crippen LogP contribution in [0.3, 0.4) is 0 Å². The third-order valence-electron chi connectivity index (χ3n) is 3.41. The van der Waals surface area contributed by atoms with Crippen LogP contribution in [0.15, 0.2) is 46.0 Å². The second-order valence-electron chi connectivity index (χ2n) is 4.99. The largest absolute Gasteiger partial charge is 0.494 e. The summed E-state index contributed by atoms with van der Waals surface area (Å²) in [5.74, 6) is 1.65. The van der Waals surface area contributed by atoms with Crippen LogP contribution < -0.4 is 9.54 Å². The Kier molecular flexibility index (Phi) is 5.42. The number of benzene rings is 1. The number of amides is 1. The molecule has 0 spiro atoms. The van der Waals surface area contributed by atoms with Crippen molar-refractivity contribution in [2.45, 2.75) is 13.5 Å². The predicted molar refractivity (Wildman–Crippen MR) is 98.0 cm³/mol. The molecular formula is C17H18N2O3S2. The van der Waals surface area contributed by atoms with Crippen molar-refractivity contribution in [2.75, 3.05) is 18.6 Å². The molecule has 0 saturated heterocycles. The zero-order valence-electron chi connectivity index (χ0n) is 13.5. The Balaban J connectivity index is 2.08. The Morgan fingerprint density at radius 3 is 3.00 bits per heavy atom. The highest BCUT2D eigenvalue weighted by Crippen LogP contribution is 2.23. The molecule has 7 heteroatoms. The van der Waals surface area contributed by atoms with E-state index < -0.39 is 0 Å². The second-order valence-corrected chi connectivity index (χ2v) is 6.98. The van der Waals surface area contributed by atoms with Crippen LogP contribution in [0.2, 0.25) is 0 Å². The van der Waals surface area contributed by atoms with Crippen LogP contribution in [0.5, 0.6) is 5.75 Å². The van der Waals surface area contributed by atoms with E-state index in [0.29, 0.717) is 11.4 Å². The number of aryl methyl sites for hydroxylation is 1. The number of furan rings is 1. The lowest BCUT2D eigenvalue weighted by molar-refractivity contribution is 0.0971. The molecule has 24 heavy (non-hydrogen) atoms. The number of carbonyl (C=O) groups is 1. The molecule has 0 aliphatic carbocycles. The lowest BCUT2D eigenvalue weighted by atomic mass is 10.3. The molecule has 0 radical (unpaired) electrons. The molecule has 0 N–H and O–H groups in total. The molecule has 3 aromatic rings. The number of aromatic nitrogens is 1. The summed E-state index contributed by atoms with van der Waals surface area (Å²) in [5.41, 5.74) is 1.06. The minimum Gasteiger partial charge on any atom is -0.494 e. The topological polar surface area (TPSA) is 56.7 Å². The maximum atomic E-state index is 12.3. The number of hydrogen-bond acceptors (Lipinski definition) is 5. The van der Waals surface area contributed by atoms with Gasteiger partial charge in [0.1, 0.15) is 5.75 Å². The van der Waals surface area contributed by atoms with Gasteiger partial charge in [-0.2, -0.15) is 16.8 Å². The van der Waals surface area contributed by atoms with Gasteiger partial charge in [0.15, 0.2) is 10.6 Å². The molecule has 0 fully saturated rings. The molecule has 126 valence electrons. The fourth-order valence-corrected chi connectivity index (χ4v) is 3.78. The van der Waals surface area contributed by atoms with Crippen LogP contribution in [-0.2, 0) is 6.54 Å². The highest BCUT2D eigenvalue weighted by molar-refractivity contribution is 7.98. The lowest BCUT2D eigenvalue weighted by Crippen LogP contribution is -2.18. The molecule has 3 rings (SSSR count). The first-order valence-corrected chi connectivity index (χ1v) is 9.81. The third-order valence-corrected chi connectivity index (χ3v) is 5.05. The van der Waals surface area contributed by atoms with Gasteiger partial charge in [-0.25, -0.2) is 0 Å². The Morgan fingerprint density at radius 2 is 2.29 bits per heavy atom. The SMILES string of the molecule is CCOc1ccc2c(c1)sc(=NC(=O)c1ccco1)n2CCSC. The van der Waals surface area contributed by atoms with Crippen molar-refractivity contribution in [1.29, 1.82) is 0 Å². The minimum atomic E-state index is -0.366. The molecule has 0 unspecified atom stereocenters. The van der Waals surface area contributed by atoms with Gasteiger partial charge >= 0.3 is 5.91 Å². The first-order valence-electron chi connectivity index (χ1n) is 7.60.